The molecule has 6 rings (SSSR count). The summed E-state index contributed by atoms with van der Waals surface area (Å²) in [6.07, 6.45) is 7.10. The van der Waals surface area contributed by atoms with Crippen LogP contribution in [0.1, 0.15) is 53.4 Å². The zero-order valence-electron chi connectivity index (χ0n) is 22.8. The largest absolute Gasteiger partial charge is 0.475 e. The maximum atomic E-state index is 13.8. The van der Waals surface area contributed by atoms with Gasteiger partial charge in [-0.1, -0.05) is 6.92 Å². The molecule has 1 aliphatic carbocycles. The lowest BCUT2D eigenvalue weighted by molar-refractivity contribution is -0.138. The smallest absolute Gasteiger partial charge is 0.373 e. The maximum Gasteiger partial charge on any atom is 0.373 e. The molecule has 42 heavy (non-hydrogen) atoms. The van der Waals surface area contributed by atoms with Crippen molar-refractivity contribution in [3.63, 3.8) is 0 Å². The van der Waals surface area contributed by atoms with Crippen LogP contribution in [0, 0.1) is 12.3 Å². The van der Waals surface area contributed by atoms with Crippen LogP contribution in [-0.2, 0) is 16.1 Å². The first kappa shape index (κ1) is 27.6. The molecule has 1 aromatic carbocycles. The number of benzene rings is 1. The maximum absolute atomic E-state index is 13.8. The first-order valence-corrected chi connectivity index (χ1v) is 13.9. The van der Waals surface area contributed by atoms with Crippen LogP contribution in [0.4, 0.5) is 5.82 Å². The van der Waals surface area contributed by atoms with Gasteiger partial charge in [-0.25, -0.2) is 19.7 Å². The number of carboxylic acids is 1. The molecule has 1 saturated heterocycles. The number of hydrogen-bond acceptors (Lipinski definition) is 9. The van der Waals surface area contributed by atoms with Gasteiger partial charge >= 0.3 is 5.97 Å². The number of aryl methyl sites for hydroxylation is 1. The predicted molar refractivity (Wildman–Crippen MR) is 153 cm³/mol. The normalized spacial score (nSPS) is 20.8. The second-order valence-electron chi connectivity index (χ2n) is 11.0. The monoisotopic (exact) mass is 632 g/mol. The number of aromatic carboxylic acids is 1. The number of likely N-dealkylation sites (tertiary alicyclic amines) is 1. The Balaban J connectivity index is 1.31. The number of anilines is 1. The highest BCUT2D eigenvalue weighted by atomic mass is 79.9. The van der Waals surface area contributed by atoms with Gasteiger partial charge in [0.15, 0.2) is 11.6 Å². The quantitative estimate of drug-likeness (QED) is 0.288. The number of aromatic nitrogens is 6. The van der Waals surface area contributed by atoms with Gasteiger partial charge in [-0.2, -0.15) is 5.10 Å². The van der Waals surface area contributed by atoms with Crippen molar-refractivity contribution in [1.29, 1.82) is 0 Å². The minimum Gasteiger partial charge on any atom is -0.475 e. The van der Waals surface area contributed by atoms with E-state index in [4.69, 9.17) is 5.11 Å². The standard InChI is InChI=1S/C28H25BrN8O5/c1-13-4-15(16-8-31-25(27(41)42)32-9-16)5-17-23(14(2)38)35-36(24(13)17)12-22(39)37-18(6-28(3)7-19(28)37)26(40)34-21-11-30-10-20(29)33-21/h4-5,8-11,18-19H,6-7,12H2,1-3H3,(H,41,42)(H,33,34,40)/t18-,19+,28-/m0/s1. The fraction of sp³-hybridized carbons (Fsp3) is 0.321. The Morgan fingerprint density at radius 3 is 2.50 bits per heavy atom. The summed E-state index contributed by atoms with van der Waals surface area (Å²) < 4.78 is 1.99. The number of nitrogens with one attached hydrogen (secondary N) is 1. The summed E-state index contributed by atoms with van der Waals surface area (Å²) >= 11 is 3.25. The van der Waals surface area contributed by atoms with Gasteiger partial charge < -0.3 is 15.3 Å². The lowest BCUT2D eigenvalue weighted by Crippen LogP contribution is -2.46. The molecule has 3 aromatic heterocycles. The molecule has 0 bridgehead atoms. The molecule has 3 atom stereocenters. The van der Waals surface area contributed by atoms with Crippen LogP contribution in [0.3, 0.4) is 0 Å². The van der Waals surface area contributed by atoms with Gasteiger partial charge in [0.2, 0.25) is 17.6 Å². The molecule has 0 unspecified atom stereocenters. The van der Waals surface area contributed by atoms with Crippen molar-refractivity contribution in [3.05, 3.63) is 58.6 Å². The minimum atomic E-state index is -1.23. The zero-order chi connectivity index (χ0) is 29.9. The Morgan fingerprint density at radius 2 is 1.83 bits per heavy atom. The highest BCUT2D eigenvalue weighted by Crippen LogP contribution is 2.59. The molecule has 13 nitrogen and oxygen atoms in total. The summed E-state index contributed by atoms with van der Waals surface area (Å²) in [4.78, 5) is 68.5. The van der Waals surface area contributed by atoms with Gasteiger partial charge in [-0.3, -0.25) is 24.0 Å². The molecule has 2 fully saturated rings. The number of carboxylic acid groups (broad SMARTS) is 1. The van der Waals surface area contributed by atoms with Crippen LogP contribution in [0.15, 0.2) is 41.5 Å². The average molecular weight is 633 g/mol. The van der Waals surface area contributed by atoms with Crippen molar-refractivity contribution in [1.82, 2.24) is 34.6 Å². The molecule has 0 spiro atoms. The first-order valence-electron chi connectivity index (χ1n) is 13.1. The van der Waals surface area contributed by atoms with Gasteiger partial charge in [0.25, 0.3) is 0 Å². The van der Waals surface area contributed by atoms with Crippen molar-refractivity contribution in [2.45, 2.75) is 52.2 Å². The third-order valence-electron chi connectivity index (χ3n) is 7.91. The number of ketones is 1. The SMILES string of the molecule is CC(=O)c1nn(CC(=O)N2[C@H](C(=O)Nc3cncc(Br)n3)C[C@@]3(C)C[C@@H]23)c2c(C)cc(-c3cnc(C(=O)O)nc3)cc12. The van der Waals surface area contributed by atoms with Gasteiger partial charge in [0, 0.05) is 36.3 Å². The summed E-state index contributed by atoms with van der Waals surface area (Å²) in [5.41, 5.74) is 2.66. The van der Waals surface area contributed by atoms with Gasteiger partial charge in [0.1, 0.15) is 22.9 Å². The first-order chi connectivity index (χ1) is 19.9. The average Bonchev–Trinajstić information content (AvgIpc) is 3.29. The zero-order valence-corrected chi connectivity index (χ0v) is 24.4. The number of amides is 2. The van der Waals surface area contributed by atoms with Crippen LogP contribution in [0.2, 0.25) is 0 Å². The minimum absolute atomic E-state index is 0.0649. The van der Waals surface area contributed by atoms with E-state index in [9.17, 15) is 19.2 Å². The van der Waals surface area contributed by atoms with Crippen molar-refractivity contribution < 1.29 is 24.3 Å². The lowest BCUT2D eigenvalue weighted by Gasteiger charge is -2.27. The number of carbonyl (C=O) groups is 4. The summed E-state index contributed by atoms with van der Waals surface area (Å²) in [6, 6.07) is 2.86. The summed E-state index contributed by atoms with van der Waals surface area (Å²) in [7, 11) is 0. The molecule has 0 radical (unpaired) electrons. The van der Waals surface area contributed by atoms with Gasteiger partial charge in [-0.05, 0) is 64.4 Å². The van der Waals surface area contributed by atoms with E-state index in [1.165, 1.54) is 36.4 Å². The van der Waals surface area contributed by atoms with Crippen molar-refractivity contribution in [2.75, 3.05) is 5.32 Å². The highest BCUT2D eigenvalue weighted by molar-refractivity contribution is 9.10. The van der Waals surface area contributed by atoms with Crippen LogP contribution in [-0.4, -0.2) is 75.4 Å². The van der Waals surface area contributed by atoms with Crippen molar-refractivity contribution in [2.24, 2.45) is 5.41 Å². The molecular formula is C28H25BrN8O5. The predicted octanol–water partition coefficient (Wildman–Crippen LogP) is 3.27. The molecule has 4 aromatic rings. The van der Waals surface area contributed by atoms with E-state index in [0.29, 0.717) is 33.1 Å². The molecule has 2 amide bonds. The number of rotatable bonds is 7. The second kappa shape index (κ2) is 10.0. The molecule has 214 valence electrons. The van der Waals surface area contributed by atoms with E-state index in [2.05, 4.69) is 53.2 Å². The van der Waals surface area contributed by atoms with Crippen LogP contribution in [0.5, 0.6) is 0 Å². The van der Waals surface area contributed by atoms with Crippen molar-refractivity contribution >= 4 is 56.2 Å². The van der Waals surface area contributed by atoms with E-state index in [1.807, 2.05) is 13.0 Å². The Bertz CT molecular complexity index is 1810. The van der Waals surface area contributed by atoms with E-state index in [1.54, 1.807) is 11.0 Å². The molecule has 2 N–H and O–H groups in total. The third-order valence-corrected chi connectivity index (χ3v) is 8.29. The Kier molecular flexibility index (Phi) is 6.60. The van der Waals surface area contributed by atoms with E-state index in [0.717, 1.165) is 12.0 Å². The van der Waals surface area contributed by atoms with Crippen molar-refractivity contribution in [3.8, 4) is 11.1 Å². The topological polar surface area (TPSA) is 173 Å². The summed E-state index contributed by atoms with van der Waals surface area (Å²) in [6.45, 7) is 5.16. The number of piperidine rings is 1. The van der Waals surface area contributed by atoms with E-state index >= 15 is 0 Å². The summed E-state index contributed by atoms with van der Waals surface area (Å²) in [5, 5.41) is 17.0. The highest BCUT2D eigenvalue weighted by Gasteiger charge is 2.64. The molecular weight excluding hydrogens is 608 g/mol. The third kappa shape index (κ3) is 4.81. The molecule has 1 saturated carbocycles. The fourth-order valence-electron chi connectivity index (χ4n) is 5.84. The number of hydrogen-bond donors (Lipinski definition) is 2. The molecule has 14 heteroatoms. The Labute approximate surface area is 247 Å². The van der Waals surface area contributed by atoms with E-state index in [-0.39, 0.29) is 52.9 Å². The lowest BCUT2D eigenvalue weighted by atomic mass is 10.0. The van der Waals surface area contributed by atoms with Crippen LogP contribution < -0.4 is 5.32 Å². The van der Waals surface area contributed by atoms with Crippen LogP contribution >= 0.6 is 15.9 Å². The number of carbonyl (C=O) groups excluding carboxylic acids is 3. The Morgan fingerprint density at radius 1 is 1.10 bits per heavy atom. The van der Waals surface area contributed by atoms with Gasteiger partial charge in [0.05, 0.1) is 17.9 Å². The van der Waals surface area contributed by atoms with E-state index < -0.39 is 12.0 Å². The Hall–Kier alpha value is -4.59. The fourth-order valence-corrected chi connectivity index (χ4v) is 6.15. The molecule has 2 aliphatic rings. The van der Waals surface area contributed by atoms with Crippen LogP contribution in [0.25, 0.3) is 22.0 Å². The van der Waals surface area contributed by atoms with Gasteiger partial charge in [-0.15, -0.1) is 0 Å². The number of fused-ring (bicyclic) bond motifs is 2. The molecule has 4 heterocycles. The number of Topliss-reactive ketones (excluding diaryl/α,β-unsaturated/α-hetero) is 1. The molecule has 1 aliphatic heterocycles. The second-order valence-corrected chi connectivity index (χ2v) is 11.8. The number of halogens is 1. The number of nitrogens with zero attached hydrogens (tertiary/aromatic N) is 7. The summed E-state index contributed by atoms with van der Waals surface area (Å²) in [5.74, 6) is -2.16.